The molecule has 2 aromatic carbocycles. The van der Waals surface area contributed by atoms with E-state index in [9.17, 15) is 18.0 Å². The molecule has 0 unspecified atom stereocenters. The van der Waals surface area contributed by atoms with Crippen LogP contribution in [0.15, 0.2) is 52.9 Å². The molecule has 0 fully saturated rings. The number of halogens is 3. The number of anilines is 1. The SMILES string of the molecule is COc1ccccc1-c1nnc(CCC(=O)Nc2ccc(C(F)(F)F)cc2)o1. The molecule has 0 saturated carbocycles. The molecule has 146 valence electrons. The van der Waals surface area contributed by atoms with Crippen LogP contribution in [0.3, 0.4) is 0 Å². The Bertz CT molecular complexity index is 953. The van der Waals surface area contributed by atoms with Gasteiger partial charge in [0.15, 0.2) is 0 Å². The van der Waals surface area contributed by atoms with E-state index in [2.05, 4.69) is 15.5 Å². The summed E-state index contributed by atoms with van der Waals surface area (Å²) in [5.41, 5.74) is 0.136. The third-order valence-corrected chi connectivity index (χ3v) is 3.87. The number of ether oxygens (including phenoxy) is 1. The fourth-order valence-electron chi connectivity index (χ4n) is 2.47. The zero-order valence-electron chi connectivity index (χ0n) is 14.8. The van der Waals surface area contributed by atoms with Crippen LogP contribution in [-0.2, 0) is 17.4 Å². The van der Waals surface area contributed by atoms with Gasteiger partial charge < -0.3 is 14.5 Å². The highest BCUT2D eigenvalue weighted by Crippen LogP contribution is 2.30. The number of nitrogens with zero attached hydrogens (tertiary/aromatic N) is 2. The molecule has 1 heterocycles. The van der Waals surface area contributed by atoms with Crippen LogP contribution in [0.25, 0.3) is 11.5 Å². The third-order valence-electron chi connectivity index (χ3n) is 3.87. The van der Waals surface area contributed by atoms with Gasteiger partial charge in [-0.1, -0.05) is 12.1 Å². The molecular formula is C19H16F3N3O3. The predicted octanol–water partition coefficient (Wildman–Crippen LogP) is 4.34. The molecule has 0 atom stereocenters. The summed E-state index contributed by atoms with van der Waals surface area (Å²) < 4.78 is 48.4. The lowest BCUT2D eigenvalue weighted by Gasteiger charge is -2.08. The van der Waals surface area contributed by atoms with Crippen LogP contribution in [-0.4, -0.2) is 23.2 Å². The second kappa shape index (κ2) is 8.12. The second-order valence-electron chi connectivity index (χ2n) is 5.82. The molecule has 0 aliphatic heterocycles. The minimum Gasteiger partial charge on any atom is -0.496 e. The second-order valence-corrected chi connectivity index (χ2v) is 5.82. The van der Waals surface area contributed by atoms with Gasteiger partial charge in [-0.2, -0.15) is 13.2 Å². The fraction of sp³-hybridized carbons (Fsp3) is 0.211. The van der Waals surface area contributed by atoms with Crippen LogP contribution < -0.4 is 10.1 Å². The van der Waals surface area contributed by atoms with Gasteiger partial charge in [-0.25, -0.2) is 0 Å². The summed E-state index contributed by atoms with van der Waals surface area (Å²) in [6.07, 6.45) is -4.19. The lowest BCUT2D eigenvalue weighted by molar-refractivity contribution is -0.137. The highest BCUT2D eigenvalue weighted by atomic mass is 19.4. The zero-order chi connectivity index (χ0) is 20.1. The van der Waals surface area contributed by atoms with E-state index in [1.807, 2.05) is 6.07 Å². The number of aryl methyl sites for hydroxylation is 1. The van der Waals surface area contributed by atoms with E-state index in [0.717, 1.165) is 12.1 Å². The number of nitrogens with one attached hydrogen (secondary N) is 1. The molecule has 9 heteroatoms. The van der Waals surface area contributed by atoms with Crippen molar-refractivity contribution in [2.24, 2.45) is 0 Å². The molecule has 1 aromatic heterocycles. The lowest BCUT2D eigenvalue weighted by atomic mass is 10.2. The van der Waals surface area contributed by atoms with Crippen molar-refractivity contribution in [1.82, 2.24) is 10.2 Å². The predicted molar refractivity (Wildman–Crippen MR) is 94.7 cm³/mol. The lowest BCUT2D eigenvalue weighted by Crippen LogP contribution is -2.13. The smallest absolute Gasteiger partial charge is 0.416 e. The molecule has 0 bridgehead atoms. The zero-order valence-corrected chi connectivity index (χ0v) is 14.8. The Morgan fingerprint density at radius 1 is 1.11 bits per heavy atom. The Morgan fingerprint density at radius 2 is 1.82 bits per heavy atom. The first-order valence-corrected chi connectivity index (χ1v) is 8.29. The average Bonchev–Trinajstić information content (AvgIpc) is 3.15. The highest BCUT2D eigenvalue weighted by Gasteiger charge is 2.30. The molecule has 6 nitrogen and oxygen atoms in total. The van der Waals surface area contributed by atoms with Crippen molar-refractivity contribution in [2.45, 2.75) is 19.0 Å². The van der Waals surface area contributed by atoms with Gasteiger partial charge in [0.25, 0.3) is 5.89 Å². The number of rotatable bonds is 6. The Labute approximate surface area is 158 Å². The number of carbonyl (C=O) groups is 1. The molecule has 1 N–H and O–H groups in total. The number of aromatic nitrogens is 2. The minimum atomic E-state index is -4.42. The van der Waals surface area contributed by atoms with Crippen LogP contribution in [0.1, 0.15) is 17.9 Å². The molecule has 0 radical (unpaired) electrons. The van der Waals surface area contributed by atoms with Crippen molar-refractivity contribution in [1.29, 1.82) is 0 Å². The van der Waals surface area contributed by atoms with Gasteiger partial charge in [0.1, 0.15) is 5.75 Å². The van der Waals surface area contributed by atoms with Crippen molar-refractivity contribution >= 4 is 11.6 Å². The Kier molecular flexibility index (Phi) is 5.62. The number of alkyl halides is 3. The number of methoxy groups -OCH3 is 1. The summed E-state index contributed by atoms with van der Waals surface area (Å²) in [6.45, 7) is 0. The van der Waals surface area contributed by atoms with Crippen molar-refractivity contribution in [2.75, 3.05) is 12.4 Å². The number of hydrogen-bond acceptors (Lipinski definition) is 5. The largest absolute Gasteiger partial charge is 0.496 e. The van der Waals surface area contributed by atoms with E-state index in [1.165, 1.54) is 19.2 Å². The molecule has 0 aliphatic carbocycles. The van der Waals surface area contributed by atoms with Crippen LogP contribution >= 0.6 is 0 Å². The maximum atomic E-state index is 12.5. The standard InChI is InChI=1S/C19H16F3N3O3/c1-27-15-5-3-2-4-14(15)18-25-24-17(28-18)11-10-16(26)23-13-8-6-12(7-9-13)19(20,21)22/h2-9H,10-11H2,1H3,(H,23,26). The third kappa shape index (κ3) is 4.67. The van der Waals surface area contributed by atoms with Crippen molar-refractivity contribution in [3.8, 4) is 17.2 Å². The Hall–Kier alpha value is -3.36. The van der Waals surface area contributed by atoms with Crippen LogP contribution in [0.5, 0.6) is 5.75 Å². The van der Waals surface area contributed by atoms with E-state index in [0.29, 0.717) is 11.3 Å². The summed E-state index contributed by atoms with van der Waals surface area (Å²) >= 11 is 0. The van der Waals surface area contributed by atoms with Gasteiger partial charge in [-0.05, 0) is 36.4 Å². The van der Waals surface area contributed by atoms with Crippen molar-refractivity contribution < 1.29 is 27.1 Å². The molecule has 0 aliphatic rings. The van der Waals surface area contributed by atoms with Gasteiger partial charge in [-0.15, -0.1) is 10.2 Å². The van der Waals surface area contributed by atoms with Crippen molar-refractivity contribution in [3.63, 3.8) is 0 Å². The van der Waals surface area contributed by atoms with Gasteiger partial charge in [-0.3, -0.25) is 4.79 Å². The summed E-state index contributed by atoms with van der Waals surface area (Å²) in [4.78, 5) is 12.0. The van der Waals surface area contributed by atoms with Gasteiger partial charge in [0, 0.05) is 18.5 Å². The first kappa shape index (κ1) is 19.4. The number of amides is 1. The first-order valence-electron chi connectivity index (χ1n) is 8.29. The van der Waals surface area contributed by atoms with E-state index in [1.54, 1.807) is 18.2 Å². The summed E-state index contributed by atoms with van der Waals surface area (Å²) in [7, 11) is 1.53. The average molecular weight is 391 g/mol. The molecule has 28 heavy (non-hydrogen) atoms. The van der Waals surface area contributed by atoms with Gasteiger partial charge >= 0.3 is 6.18 Å². The number of para-hydroxylation sites is 1. The number of carbonyl (C=O) groups excluding carboxylic acids is 1. The normalized spacial score (nSPS) is 11.3. The minimum absolute atomic E-state index is 0.0363. The molecular weight excluding hydrogens is 375 g/mol. The summed E-state index contributed by atoms with van der Waals surface area (Å²) in [6, 6.07) is 11.4. The highest BCUT2D eigenvalue weighted by molar-refractivity contribution is 5.90. The number of hydrogen-bond donors (Lipinski definition) is 1. The van der Waals surface area contributed by atoms with E-state index in [-0.39, 0.29) is 36.2 Å². The first-order chi connectivity index (χ1) is 13.4. The van der Waals surface area contributed by atoms with Crippen molar-refractivity contribution in [3.05, 3.63) is 60.0 Å². The maximum Gasteiger partial charge on any atom is 0.416 e. The molecule has 3 rings (SSSR count). The monoisotopic (exact) mass is 391 g/mol. The van der Waals surface area contributed by atoms with Crippen LogP contribution in [0.2, 0.25) is 0 Å². The summed E-state index contributed by atoms with van der Waals surface area (Å²) in [5.74, 6) is 0.744. The molecule has 3 aromatic rings. The van der Waals surface area contributed by atoms with Crippen LogP contribution in [0.4, 0.5) is 18.9 Å². The fourth-order valence-corrected chi connectivity index (χ4v) is 2.47. The topological polar surface area (TPSA) is 77.2 Å². The van der Waals surface area contributed by atoms with Gasteiger partial charge in [0.05, 0.1) is 18.2 Å². The summed E-state index contributed by atoms with van der Waals surface area (Å²) in [5, 5.41) is 10.4. The molecule has 1 amide bonds. The Balaban J connectivity index is 1.57. The van der Waals surface area contributed by atoms with E-state index in [4.69, 9.17) is 9.15 Å². The molecule has 0 saturated heterocycles. The van der Waals surface area contributed by atoms with E-state index < -0.39 is 11.7 Å². The number of benzene rings is 2. The molecule has 0 spiro atoms. The maximum absolute atomic E-state index is 12.5. The Morgan fingerprint density at radius 3 is 2.50 bits per heavy atom. The van der Waals surface area contributed by atoms with E-state index >= 15 is 0 Å². The van der Waals surface area contributed by atoms with Crippen LogP contribution in [0, 0.1) is 0 Å². The quantitative estimate of drug-likeness (QED) is 0.677. The van der Waals surface area contributed by atoms with Gasteiger partial charge in [0.2, 0.25) is 11.8 Å².